The van der Waals surface area contributed by atoms with Gasteiger partial charge >= 0.3 is 6.03 Å². The molecule has 2 N–H and O–H groups in total. The lowest BCUT2D eigenvalue weighted by molar-refractivity contribution is 0.213. The van der Waals surface area contributed by atoms with Crippen molar-refractivity contribution in [3.63, 3.8) is 0 Å². The summed E-state index contributed by atoms with van der Waals surface area (Å²) in [5.41, 5.74) is 1.79. The molecule has 2 amide bonds. The van der Waals surface area contributed by atoms with Gasteiger partial charge in [0, 0.05) is 18.2 Å². The predicted octanol–water partition coefficient (Wildman–Crippen LogP) is 1.18. The third kappa shape index (κ3) is 3.70. The van der Waals surface area contributed by atoms with Gasteiger partial charge in [0.15, 0.2) is 0 Å². The minimum Gasteiger partial charge on any atom is -0.361 e. The Morgan fingerprint density at radius 1 is 1.42 bits per heavy atom. The molecule has 1 aromatic rings. The number of aryl methyl sites for hydroxylation is 2. The first-order valence-electron chi connectivity index (χ1n) is 6.71. The van der Waals surface area contributed by atoms with Crippen LogP contribution in [0.5, 0.6) is 0 Å². The molecule has 2 rings (SSSR count). The molecule has 0 spiro atoms. The minimum atomic E-state index is -0.116. The summed E-state index contributed by atoms with van der Waals surface area (Å²) in [6.07, 6.45) is 2.02. The number of carbonyl (C=O) groups is 1. The molecule has 0 unspecified atom stereocenters. The van der Waals surface area contributed by atoms with E-state index >= 15 is 0 Å². The monoisotopic (exact) mass is 266 g/mol. The molecule has 1 saturated heterocycles. The largest absolute Gasteiger partial charge is 0.361 e. The number of hydrogen-bond acceptors (Lipinski definition) is 4. The van der Waals surface area contributed by atoms with Gasteiger partial charge in [-0.2, -0.15) is 0 Å². The summed E-state index contributed by atoms with van der Waals surface area (Å²) in [7, 11) is 2.10. The molecule has 6 nitrogen and oxygen atoms in total. The van der Waals surface area contributed by atoms with E-state index < -0.39 is 0 Å². The van der Waals surface area contributed by atoms with Crippen LogP contribution in [0.15, 0.2) is 4.52 Å². The molecule has 6 heteroatoms. The number of aromatic nitrogens is 1. The lowest BCUT2D eigenvalue weighted by Gasteiger charge is -2.29. The quantitative estimate of drug-likeness (QED) is 0.862. The van der Waals surface area contributed by atoms with Crippen LogP contribution in [0.3, 0.4) is 0 Å². The molecular formula is C13H22N4O2. The summed E-state index contributed by atoms with van der Waals surface area (Å²) in [5.74, 6) is 0.761. The number of likely N-dealkylation sites (tertiary alicyclic amines) is 1. The second kappa shape index (κ2) is 6.06. The lowest BCUT2D eigenvalue weighted by Crippen LogP contribution is -2.46. The molecule has 0 bridgehead atoms. The van der Waals surface area contributed by atoms with Gasteiger partial charge in [-0.15, -0.1) is 0 Å². The number of piperidine rings is 1. The van der Waals surface area contributed by atoms with Gasteiger partial charge in [0.25, 0.3) is 0 Å². The van der Waals surface area contributed by atoms with Gasteiger partial charge in [0.1, 0.15) is 5.76 Å². The number of hydrogen-bond donors (Lipinski definition) is 2. The van der Waals surface area contributed by atoms with Crippen molar-refractivity contribution in [2.45, 2.75) is 39.3 Å². The molecular weight excluding hydrogens is 244 g/mol. The van der Waals surface area contributed by atoms with Crippen molar-refractivity contribution in [2.24, 2.45) is 0 Å². The molecule has 1 fully saturated rings. The van der Waals surface area contributed by atoms with Crippen LogP contribution in [-0.4, -0.2) is 42.3 Å². The zero-order valence-corrected chi connectivity index (χ0v) is 11.8. The van der Waals surface area contributed by atoms with Crippen molar-refractivity contribution >= 4 is 6.03 Å². The molecule has 0 saturated carbocycles. The van der Waals surface area contributed by atoms with Gasteiger partial charge in [0.2, 0.25) is 0 Å². The van der Waals surface area contributed by atoms with Crippen LogP contribution in [-0.2, 0) is 6.54 Å². The zero-order chi connectivity index (χ0) is 13.8. The van der Waals surface area contributed by atoms with Crippen LogP contribution in [0.25, 0.3) is 0 Å². The molecule has 106 valence electrons. The Morgan fingerprint density at radius 3 is 2.68 bits per heavy atom. The van der Waals surface area contributed by atoms with Gasteiger partial charge in [-0.25, -0.2) is 4.79 Å². The minimum absolute atomic E-state index is 0.116. The van der Waals surface area contributed by atoms with Crippen LogP contribution < -0.4 is 10.6 Å². The summed E-state index contributed by atoms with van der Waals surface area (Å²) in [6, 6.07) is 0.162. The fourth-order valence-electron chi connectivity index (χ4n) is 2.31. The van der Waals surface area contributed by atoms with Crippen molar-refractivity contribution in [1.29, 1.82) is 0 Å². The molecule has 0 aromatic carbocycles. The van der Waals surface area contributed by atoms with E-state index in [1.807, 2.05) is 13.8 Å². The average molecular weight is 266 g/mol. The van der Waals surface area contributed by atoms with Gasteiger partial charge in [-0.1, -0.05) is 5.16 Å². The van der Waals surface area contributed by atoms with Gasteiger partial charge in [-0.05, 0) is 46.8 Å². The smallest absolute Gasteiger partial charge is 0.315 e. The molecule has 19 heavy (non-hydrogen) atoms. The van der Waals surface area contributed by atoms with E-state index in [0.29, 0.717) is 6.54 Å². The Hall–Kier alpha value is -1.56. The normalized spacial score (nSPS) is 17.4. The summed E-state index contributed by atoms with van der Waals surface area (Å²) >= 11 is 0. The fourth-order valence-corrected chi connectivity index (χ4v) is 2.31. The lowest BCUT2D eigenvalue weighted by atomic mass is 10.1. The van der Waals surface area contributed by atoms with E-state index in [2.05, 4.69) is 27.7 Å². The topological polar surface area (TPSA) is 70.4 Å². The highest BCUT2D eigenvalue weighted by Gasteiger charge is 2.18. The fraction of sp³-hybridized carbons (Fsp3) is 0.692. The van der Waals surface area contributed by atoms with Crippen molar-refractivity contribution in [3.05, 3.63) is 17.0 Å². The van der Waals surface area contributed by atoms with Gasteiger partial charge in [-0.3, -0.25) is 0 Å². The SMILES string of the molecule is Cc1noc(C)c1CNC(=O)NC1CCN(C)CC1. The van der Waals surface area contributed by atoms with Crippen LogP contribution in [0.4, 0.5) is 4.79 Å². The maximum Gasteiger partial charge on any atom is 0.315 e. The number of nitrogens with one attached hydrogen (secondary N) is 2. The Morgan fingerprint density at radius 2 is 2.11 bits per heavy atom. The molecule has 2 heterocycles. The van der Waals surface area contributed by atoms with E-state index in [9.17, 15) is 4.79 Å². The zero-order valence-electron chi connectivity index (χ0n) is 11.8. The van der Waals surface area contributed by atoms with Crippen molar-refractivity contribution < 1.29 is 9.32 Å². The summed E-state index contributed by atoms with van der Waals surface area (Å²) in [4.78, 5) is 14.1. The molecule has 0 radical (unpaired) electrons. The molecule has 1 aliphatic rings. The standard InChI is InChI=1S/C13H22N4O2/c1-9-12(10(2)19-16-9)8-14-13(18)15-11-4-6-17(3)7-5-11/h11H,4-8H2,1-3H3,(H2,14,15,18). The number of urea groups is 1. The number of rotatable bonds is 3. The Labute approximate surface area is 113 Å². The summed E-state index contributed by atoms with van der Waals surface area (Å²) in [5, 5.41) is 9.74. The second-order valence-electron chi connectivity index (χ2n) is 5.21. The van der Waals surface area contributed by atoms with Crippen LogP contribution >= 0.6 is 0 Å². The van der Waals surface area contributed by atoms with Crippen molar-refractivity contribution in [1.82, 2.24) is 20.7 Å². The van der Waals surface area contributed by atoms with Crippen LogP contribution in [0.2, 0.25) is 0 Å². The van der Waals surface area contributed by atoms with Gasteiger partial charge < -0.3 is 20.1 Å². The number of amides is 2. The van der Waals surface area contributed by atoms with E-state index in [-0.39, 0.29) is 12.1 Å². The Bertz CT molecular complexity index is 416. The molecule has 0 aliphatic carbocycles. The average Bonchev–Trinajstić information content (AvgIpc) is 2.70. The van der Waals surface area contributed by atoms with E-state index in [1.165, 1.54) is 0 Å². The summed E-state index contributed by atoms with van der Waals surface area (Å²) in [6.45, 7) is 6.26. The third-order valence-electron chi connectivity index (χ3n) is 3.66. The molecule has 1 aliphatic heterocycles. The Kier molecular flexibility index (Phi) is 4.42. The maximum absolute atomic E-state index is 11.8. The van der Waals surface area contributed by atoms with E-state index in [4.69, 9.17) is 4.52 Å². The van der Waals surface area contributed by atoms with Crippen molar-refractivity contribution in [3.8, 4) is 0 Å². The highest BCUT2D eigenvalue weighted by molar-refractivity contribution is 5.74. The van der Waals surface area contributed by atoms with Crippen LogP contribution in [0, 0.1) is 13.8 Å². The number of carbonyl (C=O) groups excluding carboxylic acids is 1. The molecule has 1 aromatic heterocycles. The first-order chi connectivity index (χ1) is 9.06. The van der Waals surface area contributed by atoms with Crippen LogP contribution in [0.1, 0.15) is 29.9 Å². The second-order valence-corrected chi connectivity index (χ2v) is 5.21. The van der Waals surface area contributed by atoms with E-state index in [1.54, 1.807) is 0 Å². The number of nitrogens with zero attached hydrogens (tertiary/aromatic N) is 2. The van der Waals surface area contributed by atoms with Gasteiger partial charge in [0.05, 0.1) is 5.69 Å². The maximum atomic E-state index is 11.8. The third-order valence-corrected chi connectivity index (χ3v) is 3.66. The highest BCUT2D eigenvalue weighted by atomic mass is 16.5. The first-order valence-corrected chi connectivity index (χ1v) is 6.71. The summed E-state index contributed by atoms with van der Waals surface area (Å²) < 4.78 is 5.06. The predicted molar refractivity (Wildman–Crippen MR) is 71.9 cm³/mol. The van der Waals surface area contributed by atoms with Crippen molar-refractivity contribution in [2.75, 3.05) is 20.1 Å². The molecule has 0 atom stereocenters. The van der Waals surface area contributed by atoms with E-state index in [0.717, 1.165) is 42.9 Å². The first kappa shape index (κ1) is 13.9. The highest BCUT2D eigenvalue weighted by Crippen LogP contribution is 2.11. The Balaban J connectivity index is 1.76.